The van der Waals surface area contributed by atoms with Gasteiger partial charge in [-0.2, -0.15) is 8.78 Å². The van der Waals surface area contributed by atoms with Crippen LogP contribution < -0.4 is 10.1 Å². The molecule has 0 aliphatic rings. The van der Waals surface area contributed by atoms with E-state index in [9.17, 15) is 18.4 Å². The molecule has 6 nitrogen and oxygen atoms in total. The number of aromatic carboxylic acids is 1. The van der Waals surface area contributed by atoms with Gasteiger partial charge in [-0.05, 0) is 12.1 Å². The first-order valence-electron chi connectivity index (χ1n) is 5.30. The average Bonchev–Trinajstić information content (AvgIpc) is 2.35. The maximum Gasteiger partial charge on any atom is 0.411 e. The number of anilines is 1. The molecule has 108 valence electrons. The topological polar surface area (TPSA) is 84.9 Å². The highest BCUT2D eigenvalue weighted by molar-refractivity contribution is 5.92. The maximum absolute atomic E-state index is 12.1. The molecule has 0 radical (unpaired) electrons. The molecule has 1 amide bonds. The van der Waals surface area contributed by atoms with Crippen molar-refractivity contribution in [3.05, 3.63) is 36.4 Å². The second-order valence-corrected chi connectivity index (χ2v) is 3.44. The van der Waals surface area contributed by atoms with Crippen LogP contribution in [0.15, 0.2) is 30.9 Å². The van der Waals surface area contributed by atoms with E-state index in [1.54, 1.807) is 0 Å². The number of ether oxygens (including phenoxy) is 2. The van der Waals surface area contributed by atoms with Crippen LogP contribution in [-0.2, 0) is 4.74 Å². The molecular formula is C12H11F2NO5. The Morgan fingerprint density at radius 1 is 1.40 bits per heavy atom. The normalized spacial score (nSPS) is 9.95. The van der Waals surface area contributed by atoms with Gasteiger partial charge in [0.05, 0.1) is 5.56 Å². The number of rotatable bonds is 6. The summed E-state index contributed by atoms with van der Waals surface area (Å²) in [5.74, 6) is -1.74. The fourth-order valence-electron chi connectivity index (χ4n) is 1.25. The number of carbonyl (C=O) groups excluding carboxylic acids is 1. The number of amides is 1. The van der Waals surface area contributed by atoms with Crippen molar-refractivity contribution in [2.24, 2.45) is 0 Å². The van der Waals surface area contributed by atoms with Crippen LogP contribution in [0, 0.1) is 0 Å². The Bertz CT molecular complexity index is 519. The molecule has 0 saturated heterocycles. The van der Waals surface area contributed by atoms with E-state index in [1.807, 2.05) is 0 Å². The lowest BCUT2D eigenvalue weighted by atomic mass is 10.2. The van der Waals surface area contributed by atoms with Gasteiger partial charge in [0, 0.05) is 11.8 Å². The number of hydrogen-bond donors (Lipinski definition) is 2. The molecule has 0 unspecified atom stereocenters. The number of benzene rings is 1. The zero-order valence-electron chi connectivity index (χ0n) is 10.1. The molecule has 20 heavy (non-hydrogen) atoms. The van der Waals surface area contributed by atoms with E-state index in [-0.39, 0.29) is 23.6 Å². The first kappa shape index (κ1) is 15.4. The van der Waals surface area contributed by atoms with Gasteiger partial charge in [0.15, 0.2) is 0 Å². The van der Waals surface area contributed by atoms with E-state index < -0.39 is 18.7 Å². The molecule has 0 aromatic heterocycles. The molecule has 0 spiro atoms. The second-order valence-electron chi connectivity index (χ2n) is 3.44. The van der Waals surface area contributed by atoms with Crippen LogP contribution in [0.5, 0.6) is 5.75 Å². The van der Waals surface area contributed by atoms with Gasteiger partial charge in [-0.25, -0.2) is 9.59 Å². The van der Waals surface area contributed by atoms with E-state index in [2.05, 4.69) is 21.4 Å². The number of carbonyl (C=O) groups is 2. The minimum atomic E-state index is -3.11. The zero-order chi connectivity index (χ0) is 15.1. The summed E-state index contributed by atoms with van der Waals surface area (Å²) in [6.45, 7) is 0.176. The molecule has 2 N–H and O–H groups in total. The molecule has 1 rings (SSSR count). The minimum absolute atomic E-state index is 0.0467. The summed E-state index contributed by atoms with van der Waals surface area (Å²) in [7, 11) is 0. The monoisotopic (exact) mass is 287 g/mol. The van der Waals surface area contributed by atoms with Gasteiger partial charge < -0.3 is 14.6 Å². The molecule has 1 aromatic carbocycles. The van der Waals surface area contributed by atoms with Crippen LogP contribution >= 0.6 is 0 Å². The first-order chi connectivity index (χ1) is 9.42. The summed E-state index contributed by atoms with van der Waals surface area (Å²) in [4.78, 5) is 22.1. The molecule has 0 aliphatic carbocycles. The molecule has 1 aromatic rings. The Kier molecular flexibility index (Phi) is 5.45. The van der Waals surface area contributed by atoms with Crippen LogP contribution in [-0.4, -0.2) is 30.4 Å². The predicted molar refractivity (Wildman–Crippen MR) is 65.2 cm³/mol. The number of halogens is 2. The van der Waals surface area contributed by atoms with Crippen molar-refractivity contribution in [2.75, 3.05) is 11.9 Å². The third kappa shape index (κ3) is 4.92. The number of nitrogens with one attached hydrogen (secondary N) is 1. The van der Waals surface area contributed by atoms with Crippen LogP contribution in [0.4, 0.5) is 19.3 Å². The molecule has 8 heteroatoms. The SMILES string of the molecule is C=CCOC(=O)Nc1cc(OC(F)F)cc(C(=O)O)c1. The molecule has 0 atom stereocenters. The zero-order valence-corrected chi connectivity index (χ0v) is 10.1. The van der Waals surface area contributed by atoms with Crippen molar-refractivity contribution < 1.29 is 33.0 Å². The lowest BCUT2D eigenvalue weighted by Gasteiger charge is -2.10. The minimum Gasteiger partial charge on any atom is -0.478 e. The van der Waals surface area contributed by atoms with Gasteiger partial charge in [-0.1, -0.05) is 12.7 Å². The molecule has 0 saturated carbocycles. The Balaban J connectivity index is 2.93. The second kappa shape index (κ2) is 7.07. The van der Waals surface area contributed by atoms with Gasteiger partial charge in [0.1, 0.15) is 12.4 Å². The fourth-order valence-corrected chi connectivity index (χ4v) is 1.25. The highest BCUT2D eigenvalue weighted by Crippen LogP contribution is 2.23. The van der Waals surface area contributed by atoms with Crippen LogP contribution in [0.3, 0.4) is 0 Å². The van der Waals surface area contributed by atoms with E-state index in [4.69, 9.17) is 5.11 Å². The molecule has 0 fully saturated rings. The summed E-state index contributed by atoms with van der Waals surface area (Å²) in [6.07, 6.45) is 0.453. The van der Waals surface area contributed by atoms with Crippen LogP contribution in [0.25, 0.3) is 0 Å². The summed E-state index contributed by atoms with van der Waals surface area (Å²) < 4.78 is 33.0. The van der Waals surface area contributed by atoms with Gasteiger partial charge in [0.2, 0.25) is 0 Å². The average molecular weight is 287 g/mol. The van der Waals surface area contributed by atoms with Crippen molar-refractivity contribution in [3.8, 4) is 5.75 Å². The Morgan fingerprint density at radius 2 is 2.10 bits per heavy atom. The van der Waals surface area contributed by atoms with E-state index in [0.717, 1.165) is 18.2 Å². The number of carboxylic acids is 1. The van der Waals surface area contributed by atoms with Crippen molar-refractivity contribution >= 4 is 17.7 Å². The molecule has 0 aliphatic heterocycles. The van der Waals surface area contributed by atoms with Crippen molar-refractivity contribution in [3.63, 3.8) is 0 Å². The summed E-state index contributed by atoms with van der Waals surface area (Å²) >= 11 is 0. The van der Waals surface area contributed by atoms with Gasteiger partial charge >= 0.3 is 18.7 Å². The van der Waals surface area contributed by atoms with Gasteiger partial charge in [-0.15, -0.1) is 0 Å². The van der Waals surface area contributed by atoms with Crippen LogP contribution in [0.2, 0.25) is 0 Å². The van der Waals surface area contributed by atoms with Crippen LogP contribution in [0.1, 0.15) is 10.4 Å². The molecule has 0 bridgehead atoms. The quantitative estimate of drug-likeness (QED) is 0.786. The lowest BCUT2D eigenvalue weighted by molar-refractivity contribution is -0.0498. The van der Waals surface area contributed by atoms with Gasteiger partial charge in [0.25, 0.3) is 0 Å². The summed E-state index contributed by atoms with van der Waals surface area (Å²) in [5.41, 5.74) is -0.364. The van der Waals surface area contributed by atoms with E-state index in [0.29, 0.717) is 0 Å². The smallest absolute Gasteiger partial charge is 0.411 e. The molecule has 0 heterocycles. The predicted octanol–water partition coefficient (Wildman–Crippen LogP) is 2.72. The summed E-state index contributed by atoms with van der Waals surface area (Å²) in [5, 5.41) is 11.0. The summed E-state index contributed by atoms with van der Waals surface area (Å²) in [6, 6.07) is 3.04. The lowest BCUT2D eigenvalue weighted by Crippen LogP contribution is -2.14. The largest absolute Gasteiger partial charge is 0.478 e. The van der Waals surface area contributed by atoms with Crippen molar-refractivity contribution in [1.82, 2.24) is 0 Å². The standard InChI is InChI=1S/C12H11F2NO5/c1-2-3-19-12(18)15-8-4-7(10(16)17)5-9(6-8)20-11(13)14/h2,4-6,11H,1,3H2,(H,15,18)(H,16,17). The first-order valence-corrected chi connectivity index (χ1v) is 5.30. The van der Waals surface area contributed by atoms with E-state index in [1.165, 1.54) is 6.08 Å². The Morgan fingerprint density at radius 3 is 2.65 bits per heavy atom. The number of carboxylic acid groups (broad SMARTS) is 1. The Labute approximate surface area is 112 Å². The highest BCUT2D eigenvalue weighted by atomic mass is 19.3. The number of hydrogen-bond acceptors (Lipinski definition) is 4. The van der Waals surface area contributed by atoms with Crippen molar-refractivity contribution in [2.45, 2.75) is 6.61 Å². The molecular weight excluding hydrogens is 276 g/mol. The van der Waals surface area contributed by atoms with Gasteiger partial charge in [-0.3, -0.25) is 5.32 Å². The van der Waals surface area contributed by atoms with E-state index >= 15 is 0 Å². The Hall–Kier alpha value is -2.64. The number of alkyl halides is 2. The fraction of sp³-hybridized carbons (Fsp3) is 0.167. The third-order valence-electron chi connectivity index (χ3n) is 1.96. The highest BCUT2D eigenvalue weighted by Gasteiger charge is 2.13. The maximum atomic E-state index is 12.1. The van der Waals surface area contributed by atoms with Crippen molar-refractivity contribution in [1.29, 1.82) is 0 Å². The third-order valence-corrected chi connectivity index (χ3v) is 1.96.